The van der Waals surface area contributed by atoms with Crippen LogP contribution in [0.1, 0.15) is 6.92 Å². The van der Waals surface area contributed by atoms with E-state index >= 15 is 0 Å². The Morgan fingerprint density at radius 3 is 3.00 bits per heavy atom. The quantitative estimate of drug-likeness (QED) is 0.775. The third-order valence-corrected chi connectivity index (χ3v) is 2.49. The first-order valence-corrected chi connectivity index (χ1v) is 5.55. The standard InChI is InChI=1S/C12H16N4O/c1-9(7-17)6-16-8-14-12(15-16)10-3-2-4-11(13)5-10/h2-5,8-9,17H,6-7,13H2,1H3. The summed E-state index contributed by atoms with van der Waals surface area (Å²) in [6, 6.07) is 7.47. The van der Waals surface area contributed by atoms with Gasteiger partial charge in [0.1, 0.15) is 6.33 Å². The largest absolute Gasteiger partial charge is 0.399 e. The molecule has 0 saturated carbocycles. The van der Waals surface area contributed by atoms with Gasteiger partial charge in [-0.25, -0.2) is 4.98 Å². The van der Waals surface area contributed by atoms with Crippen molar-refractivity contribution < 1.29 is 5.11 Å². The van der Waals surface area contributed by atoms with Gasteiger partial charge in [0.2, 0.25) is 0 Å². The van der Waals surface area contributed by atoms with Crippen LogP contribution in [0.15, 0.2) is 30.6 Å². The van der Waals surface area contributed by atoms with E-state index in [0.29, 0.717) is 18.1 Å². The topological polar surface area (TPSA) is 77.0 Å². The second-order valence-corrected chi connectivity index (χ2v) is 4.20. The van der Waals surface area contributed by atoms with Crippen molar-refractivity contribution in [3.05, 3.63) is 30.6 Å². The van der Waals surface area contributed by atoms with Gasteiger partial charge in [0.15, 0.2) is 5.82 Å². The van der Waals surface area contributed by atoms with Crippen molar-refractivity contribution in [2.75, 3.05) is 12.3 Å². The molecule has 0 aliphatic carbocycles. The van der Waals surface area contributed by atoms with Crippen LogP contribution in [0.2, 0.25) is 0 Å². The van der Waals surface area contributed by atoms with E-state index in [2.05, 4.69) is 10.1 Å². The molecule has 2 rings (SSSR count). The Hall–Kier alpha value is -1.88. The van der Waals surface area contributed by atoms with Gasteiger partial charge >= 0.3 is 0 Å². The minimum Gasteiger partial charge on any atom is -0.399 e. The van der Waals surface area contributed by atoms with Crippen molar-refractivity contribution in [2.45, 2.75) is 13.5 Å². The molecule has 0 aliphatic rings. The first-order chi connectivity index (χ1) is 8.19. The second-order valence-electron chi connectivity index (χ2n) is 4.20. The fraction of sp³-hybridized carbons (Fsp3) is 0.333. The molecule has 1 aromatic heterocycles. The van der Waals surface area contributed by atoms with Crippen LogP contribution >= 0.6 is 0 Å². The molecule has 0 fully saturated rings. The summed E-state index contributed by atoms with van der Waals surface area (Å²) in [7, 11) is 0. The zero-order chi connectivity index (χ0) is 12.3. The fourth-order valence-corrected chi connectivity index (χ4v) is 1.57. The lowest BCUT2D eigenvalue weighted by Gasteiger charge is -2.06. The molecule has 0 radical (unpaired) electrons. The molecule has 5 nitrogen and oxygen atoms in total. The van der Waals surface area contributed by atoms with Gasteiger partial charge in [-0.3, -0.25) is 4.68 Å². The summed E-state index contributed by atoms with van der Waals surface area (Å²) in [4.78, 5) is 4.23. The van der Waals surface area contributed by atoms with Crippen LogP contribution < -0.4 is 5.73 Å². The number of nitrogens with two attached hydrogens (primary N) is 1. The van der Waals surface area contributed by atoms with Crippen LogP contribution in [0.5, 0.6) is 0 Å². The minimum atomic E-state index is 0.146. The number of benzene rings is 1. The summed E-state index contributed by atoms with van der Waals surface area (Å²) in [6.07, 6.45) is 1.67. The highest BCUT2D eigenvalue weighted by Crippen LogP contribution is 2.17. The molecule has 0 saturated heterocycles. The van der Waals surface area contributed by atoms with Gasteiger partial charge < -0.3 is 10.8 Å². The molecule has 3 N–H and O–H groups in total. The van der Waals surface area contributed by atoms with Crippen molar-refractivity contribution in [2.24, 2.45) is 5.92 Å². The zero-order valence-corrected chi connectivity index (χ0v) is 9.74. The first-order valence-electron chi connectivity index (χ1n) is 5.55. The highest BCUT2D eigenvalue weighted by molar-refractivity contribution is 5.60. The molecule has 17 heavy (non-hydrogen) atoms. The van der Waals surface area contributed by atoms with Crippen molar-refractivity contribution >= 4 is 5.69 Å². The van der Waals surface area contributed by atoms with Gasteiger partial charge in [0.25, 0.3) is 0 Å². The predicted octanol–water partition coefficient (Wildman–Crippen LogP) is 1.16. The van der Waals surface area contributed by atoms with Gasteiger partial charge in [0, 0.05) is 24.4 Å². The van der Waals surface area contributed by atoms with Gasteiger partial charge in [-0.05, 0) is 18.1 Å². The van der Waals surface area contributed by atoms with E-state index < -0.39 is 0 Å². The molecular weight excluding hydrogens is 216 g/mol. The smallest absolute Gasteiger partial charge is 0.181 e. The average molecular weight is 232 g/mol. The van der Waals surface area contributed by atoms with E-state index in [1.165, 1.54) is 0 Å². The molecule has 0 spiro atoms. The second kappa shape index (κ2) is 4.97. The Morgan fingerprint density at radius 1 is 1.47 bits per heavy atom. The van der Waals surface area contributed by atoms with Crippen molar-refractivity contribution in [3.8, 4) is 11.4 Å². The van der Waals surface area contributed by atoms with Crippen molar-refractivity contribution in [1.29, 1.82) is 0 Å². The van der Waals surface area contributed by atoms with Crippen LogP contribution in [0.25, 0.3) is 11.4 Å². The zero-order valence-electron chi connectivity index (χ0n) is 9.74. The van der Waals surface area contributed by atoms with E-state index in [9.17, 15) is 0 Å². The maximum atomic E-state index is 8.98. The number of hydrogen-bond donors (Lipinski definition) is 2. The number of nitrogen functional groups attached to an aromatic ring is 1. The van der Waals surface area contributed by atoms with Gasteiger partial charge in [-0.15, -0.1) is 0 Å². The van der Waals surface area contributed by atoms with Gasteiger partial charge in [0.05, 0.1) is 0 Å². The van der Waals surface area contributed by atoms with Crippen LogP contribution in [0.4, 0.5) is 5.69 Å². The number of aliphatic hydroxyl groups is 1. The summed E-state index contributed by atoms with van der Waals surface area (Å²) < 4.78 is 1.74. The monoisotopic (exact) mass is 232 g/mol. The van der Waals surface area contributed by atoms with Crippen LogP contribution in [0, 0.1) is 5.92 Å². The summed E-state index contributed by atoms with van der Waals surface area (Å²) in [5.41, 5.74) is 7.31. The van der Waals surface area contributed by atoms with E-state index in [-0.39, 0.29) is 12.5 Å². The van der Waals surface area contributed by atoms with E-state index in [4.69, 9.17) is 10.8 Å². The van der Waals surface area contributed by atoms with Gasteiger partial charge in [-0.1, -0.05) is 19.1 Å². The summed E-state index contributed by atoms with van der Waals surface area (Å²) in [6.45, 7) is 2.77. The Kier molecular flexibility index (Phi) is 3.39. The highest BCUT2D eigenvalue weighted by Gasteiger charge is 2.06. The van der Waals surface area contributed by atoms with Crippen molar-refractivity contribution in [1.82, 2.24) is 14.8 Å². The Labute approximate surface area is 99.9 Å². The average Bonchev–Trinajstić information content (AvgIpc) is 2.77. The molecule has 2 aromatic rings. The van der Waals surface area contributed by atoms with Crippen LogP contribution in [-0.2, 0) is 6.54 Å². The lowest BCUT2D eigenvalue weighted by Crippen LogP contribution is -2.11. The number of nitrogens with zero attached hydrogens (tertiary/aromatic N) is 3. The molecule has 0 bridgehead atoms. The van der Waals surface area contributed by atoms with E-state index in [1.54, 1.807) is 11.0 Å². The molecule has 1 unspecified atom stereocenters. The third-order valence-electron chi connectivity index (χ3n) is 2.49. The molecule has 5 heteroatoms. The lowest BCUT2D eigenvalue weighted by molar-refractivity contribution is 0.219. The number of aliphatic hydroxyl groups excluding tert-OH is 1. The number of hydrogen-bond acceptors (Lipinski definition) is 4. The Balaban J connectivity index is 2.18. The minimum absolute atomic E-state index is 0.146. The SMILES string of the molecule is CC(CO)Cn1cnc(-c2cccc(N)c2)n1. The highest BCUT2D eigenvalue weighted by atomic mass is 16.3. The normalized spacial score (nSPS) is 12.6. The summed E-state index contributed by atoms with van der Waals surface area (Å²) in [5.74, 6) is 0.827. The first kappa shape index (κ1) is 11.6. The molecule has 1 aromatic carbocycles. The third kappa shape index (κ3) is 2.82. The molecule has 0 amide bonds. The molecular formula is C12H16N4O. The maximum absolute atomic E-state index is 8.98. The Bertz CT molecular complexity index is 495. The van der Waals surface area contributed by atoms with Crippen molar-refractivity contribution in [3.63, 3.8) is 0 Å². The Morgan fingerprint density at radius 2 is 2.29 bits per heavy atom. The molecule has 1 atom stereocenters. The van der Waals surface area contributed by atoms with E-state index in [0.717, 1.165) is 5.56 Å². The number of aromatic nitrogens is 3. The lowest BCUT2D eigenvalue weighted by atomic mass is 10.2. The van der Waals surface area contributed by atoms with Crippen LogP contribution in [-0.4, -0.2) is 26.5 Å². The molecule has 0 aliphatic heterocycles. The molecule has 1 heterocycles. The summed E-state index contributed by atoms with van der Waals surface area (Å²) >= 11 is 0. The summed E-state index contributed by atoms with van der Waals surface area (Å²) in [5, 5.41) is 13.3. The molecule has 90 valence electrons. The fourth-order valence-electron chi connectivity index (χ4n) is 1.57. The van der Waals surface area contributed by atoms with Gasteiger partial charge in [-0.2, -0.15) is 5.10 Å². The van der Waals surface area contributed by atoms with Crippen LogP contribution in [0.3, 0.4) is 0 Å². The number of rotatable bonds is 4. The number of anilines is 1. The maximum Gasteiger partial charge on any atom is 0.181 e. The predicted molar refractivity (Wildman–Crippen MR) is 66.1 cm³/mol. The van der Waals surface area contributed by atoms with E-state index in [1.807, 2.05) is 31.2 Å².